The Balaban J connectivity index is 0.00000220. The van der Waals surface area contributed by atoms with Crippen molar-refractivity contribution in [3.05, 3.63) is 47.5 Å². The van der Waals surface area contributed by atoms with Gasteiger partial charge in [-0.15, -0.1) is 12.4 Å². The Bertz CT molecular complexity index is 676. The predicted molar refractivity (Wildman–Crippen MR) is 77.6 cm³/mol. The molecule has 1 N–H and O–H groups in total. The van der Waals surface area contributed by atoms with Gasteiger partial charge in [0.15, 0.2) is 0 Å². The molecule has 2 rings (SSSR count). The maximum atomic E-state index is 10.8. The summed E-state index contributed by atoms with van der Waals surface area (Å²) in [5.41, 5.74) is 2.00. The van der Waals surface area contributed by atoms with Crippen LogP contribution in [-0.4, -0.2) is 27.7 Å². The van der Waals surface area contributed by atoms with Crippen LogP contribution >= 0.6 is 12.4 Å². The van der Waals surface area contributed by atoms with E-state index in [4.69, 9.17) is 15.1 Å². The third kappa shape index (κ3) is 3.97. The molecule has 6 nitrogen and oxygen atoms in total. The Morgan fingerprint density at radius 2 is 2.29 bits per heavy atom. The molecule has 0 saturated carbocycles. The summed E-state index contributed by atoms with van der Waals surface area (Å²) in [5.74, 6) is -0.394. The Morgan fingerprint density at radius 1 is 1.52 bits per heavy atom. The lowest BCUT2D eigenvalue weighted by molar-refractivity contribution is -0.136. The van der Waals surface area contributed by atoms with E-state index in [9.17, 15) is 4.79 Å². The highest BCUT2D eigenvalue weighted by atomic mass is 35.5. The maximum Gasteiger partial charge on any atom is 0.309 e. The van der Waals surface area contributed by atoms with E-state index < -0.39 is 5.97 Å². The SMILES string of the molecule is COc1cc(Cn2cncc2CC(=O)O)ccc1C#N.Cl. The average molecular weight is 308 g/mol. The number of nitrogens with zero attached hydrogens (tertiary/aromatic N) is 3. The number of ether oxygens (including phenoxy) is 1. The van der Waals surface area contributed by atoms with Crippen molar-refractivity contribution in [3.8, 4) is 11.8 Å². The molecule has 0 unspecified atom stereocenters. The van der Waals surface area contributed by atoms with E-state index in [1.54, 1.807) is 23.0 Å². The van der Waals surface area contributed by atoms with Crippen molar-refractivity contribution in [2.45, 2.75) is 13.0 Å². The molecule has 0 spiro atoms. The van der Waals surface area contributed by atoms with Crippen LogP contribution in [0.2, 0.25) is 0 Å². The van der Waals surface area contributed by atoms with Crippen molar-refractivity contribution in [1.82, 2.24) is 9.55 Å². The number of rotatable bonds is 5. The largest absolute Gasteiger partial charge is 0.495 e. The lowest BCUT2D eigenvalue weighted by Gasteiger charge is -2.09. The monoisotopic (exact) mass is 307 g/mol. The first-order valence-electron chi connectivity index (χ1n) is 5.92. The highest BCUT2D eigenvalue weighted by Gasteiger charge is 2.09. The zero-order chi connectivity index (χ0) is 14.5. The molecule has 21 heavy (non-hydrogen) atoms. The second-order valence-corrected chi connectivity index (χ2v) is 4.23. The molecule has 0 atom stereocenters. The fourth-order valence-corrected chi connectivity index (χ4v) is 1.92. The first kappa shape index (κ1) is 16.5. The molecule has 7 heteroatoms. The highest BCUT2D eigenvalue weighted by molar-refractivity contribution is 5.85. The minimum Gasteiger partial charge on any atom is -0.495 e. The van der Waals surface area contributed by atoms with Crippen molar-refractivity contribution in [3.63, 3.8) is 0 Å². The molecule has 110 valence electrons. The maximum absolute atomic E-state index is 10.8. The minimum absolute atomic E-state index is 0. The second-order valence-electron chi connectivity index (χ2n) is 4.23. The normalized spacial score (nSPS) is 9.52. The van der Waals surface area contributed by atoms with Crippen LogP contribution in [0, 0.1) is 11.3 Å². The van der Waals surface area contributed by atoms with E-state index in [0.717, 1.165) is 5.56 Å². The number of methoxy groups -OCH3 is 1. The topological polar surface area (TPSA) is 88.1 Å². The molecule has 0 saturated heterocycles. The number of hydrogen-bond donors (Lipinski definition) is 1. The predicted octanol–water partition coefficient (Wildman–Crippen LogP) is 1.86. The highest BCUT2D eigenvalue weighted by Crippen LogP contribution is 2.20. The lowest BCUT2D eigenvalue weighted by atomic mass is 10.1. The summed E-state index contributed by atoms with van der Waals surface area (Å²) < 4.78 is 6.91. The van der Waals surface area contributed by atoms with Crippen LogP contribution in [0.3, 0.4) is 0 Å². The number of benzene rings is 1. The van der Waals surface area contributed by atoms with Gasteiger partial charge in [0.05, 0.1) is 25.4 Å². The molecule has 0 aliphatic carbocycles. The van der Waals surface area contributed by atoms with Gasteiger partial charge in [-0.05, 0) is 17.7 Å². The number of aromatic nitrogens is 2. The van der Waals surface area contributed by atoms with Crippen LogP contribution in [0.4, 0.5) is 0 Å². The van der Waals surface area contributed by atoms with Crippen LogP contribution in [0.1, 0.15) is 16.8 Å². The molecule has 1 heterocycles. The Labute approximate surface area is 128 Å². The molecular formula is C14H14ClN3O3. The summed E-state index contributed by atoms with van der Waals surface area (Å²) in [6.07, 6.45) is 3.05. The third-order valence-electron chi connectivity index (χ3n) is 2.87. The summed E-state index contributed by atoms with van der Waals surface area (Å²) in [6, 6.07) is 7.31. The third-order valence-corrected chi connectivity index (χ3v) is 2.87. The van der Waals surface area contributed by atoms with Crippen LogP contribution in [0.15, 0.2) is 30.7 Å². The zero-order valence-corrected chi connectivity index (χ0v) is 12.1. The Kier molecular flexibility index (Phi) is 5.76. The number of nitriles is 1. The van der Waals surface area contributed by atoms with Gasteiger partial charge < -0.3 is 14.4 Å². The molecule has 0 aliphatic heterocycles. The molecule has 1 aromatic carbocycles. The van der Waals surface area contributed by atoms with Gasteiger partial charge in [-0.25, -0.2) is 4.98 Å². The van der Waals surface area contributed by atoms with Crippen LogP contribution < -0.4 is 4.74 Å². The van der Waals surface area contributed by atoms with Gasteiger partial charge in [-0.3, -0.25) is 4.79 Å². The van der Waals surface area contributed by atoms with E-state index in [-0.39, 0.29) is 18.8 Å². The summed E-state index contributed by atoms with van der Waals surface area (Å²) in [5, 5.41) is 17.8. The first-order chi connectivity index (χ1) is 9.63. The van der Waals surface area contributed by atoms with E-state index in [1.165, 1.54) is 13.3 Å². The molecule has 0 amide bonds. The second kappa shape index (κ2) is 7.31. The fourth-order valence-electron chi connectivity index (χ4n) is 1.92. The average Bonchev–Trinajstić information content (AvgIpc) is 2.85. The smallest absolute Gasteiger partial charge is 0.309 e. The van der Waals surface area contributed by atoms with Gasteiger partial charge in [0.1, 0.15) is 11.8 Å². The number of aliphatic carboxylic acids is 1. The lowest BCUT2D eigenvalue weighted by Crippen LogP contribution is -2.08. The van der Waals surface area contributed by atoms with Crippen molar-refractivity contribution in [2.75, 3.05) is 7.11 Å². The molecule has 0 bridgehead atoms. The minimum atomic E-state index is -0.899. The van der Waals surface area contributed by atoms with E-state index in [1.807, 2.05) is 12.1 Å². The van der Waals surface area contributed by atoms with Crippen molar-refractivity contribution >= 4 is 18.4 Å². The fraction of sp³-hybridized carbons (Fsp3) is 0.214. The van der Waals surface area contributed by atoms with E-state index >= 15 is 0 Å². The van der Waals surface area contributed by atoms with Gasteiger partial charge in [-0.1, -0.05) is 6.07 Å². The van der Waals surface area contributed by atoms with Gasteiger partial charge in [-0.2, -0.15) is 5.26 Å². The number of carboxylic acid groups (broad SMARTS) is 1. The number of carboxylic acids is 1. The molecule has 0 radical (unpaired) electrons. The molecule has 0 aliphatic rings. The molecular weight excluding hydrogens is 294 g/mol. The molecule has 0 fully saturated rings. The van der Waals surface area contributed by atoms with Crippen molar-refractivity contribution in [1.29, 1.82) is 5.26 Å². The van der Waals surface area contributed by atoms with Gasteiger partial charge in [0.25, 0.3) is 0 Å². The number of imidazole rings is 1. The number of halogens is 1. The van der Waals surface area contributed by atoms with Crippen LogP contribution in [0.25, 0.3) is 0 Å². The number of hydrogen-bond acceptors (Lipinski definition) is 4. The Morgan fingerprint density at radius 3 is 2.90 bits per heavy atom. The standard InChI is InChI=1S/C14H13N3O3.ClH/c1-20-13-4-10(2-3-11(13)6-15)8-17-9-16-7-12(17)5-14(18)19;/h2-4,7,9H,5,8H2,1H3,(H,18,19);1H. The van der Waals surface area contributed by atoms with E-state index in [0.29, 0.717) is 23.6 Å². The summed E-state index contributed by atoms with van der Waals surface area (Å²) in [4.78, 5) is 14.7. The summed E-state index contributed by atoms with van der Waals surface area (Å²) in [6.45, 7) is 0.477. The van der Waals surface area contributed by atoms with Gasteiger partial charge >= 0.3 is 5.97 Å². The quantitative estimate of drug-likeness (QED) is 0.911. The van der Waals surface area contributed by atoms with Gasteiger partial charge in [0, 0.05) is 18.4 Å². The molecule has 2 aromatic rings. The molecule has 1 aromatic heterocycles. The van der Waals surface area contributed by atoms with Gasteiger partial charge in [0.2, 0.25) is 0 Å². The van der Waals surface area contributed by atoms with Crippen LogP contribution in [-0.2, 0) is 17.8 Å². The summed E-state index contributed by atoms with van der Waals surface area (Å²) >= 11 is 0. The zero-order valence-electron chi connectivity index (χ0n) is 11.3. The Hall–Kier alpha value is -2.52. The first-order valence-corrected chi connectivity index (χ1v) is 5.92. The van der Waals surface area contributed by atoms with E-state index in [2.05, 4.69) is 4.98 Å². The van der Waals surface area contributed by atoms with Crippen molar-refractivity contribution in [2.24, 2.45) is 0 Å². The van der Waals surface area contributed by atoms with Crippen LogP contribution in [0.5, 0.6) is 5.75 Å². The summed E-state index contributed by atoms with van der Waals surface area (Å²) in [7, 11) is 1.51. The van der Waals surface area contributed by atoms with Crippen molar-refractivity contribution < 1.29 is 14.6 Å². The number of carbonyl (C=O) groups is 1.